The Hall–Kier alpha value is -3.35. The molecule has 3 aromatic rings. The van der Waals surface area contributed by atoms with Gasteiger partial charge in [0.25, 0.3) is 0 Å². The van der Waals surface area contributed by atoms with Crippen molar-refractivity contribution < 1.29 is 9.90 Å². The van der Waals surface area contributed by atoms with E-state index in [-0.39, 0.29) is 17.7 Å². The van der Waals surface area contributed by atoms with Gasteiger partial charge in [0.1, 0.15) is 11.8 Å². The van der Waals surface area contributed by atoms with Crippen LogP contribution in [0.5, 0.6) is 5.75 Å². The first-order valence-corrected chi connectivity index (χ1v) is 12.1. The summed E-state index contributed by atoms with van der Waals surface area (Å²) >= 11 is 6.38. The van der Waals surface area contributed by atoms with Crippen LogP contribution in [-0.2, 0) is 4.79 Å². The Bertz CT molecular complexity index is 1270. The summed E-state index contributed by atoms with van der Waals surface area (Å²) < 4.78 is 0. The maximum atomic E-state index is 13.9. The number of phenols is 1. The number of hydrogen-bond acceptors (Lipinski definition) is 5. The molecule has 1 heterocycles. The van der Waals surface area contributed by atoms with E-state index in [1.54, 1.807) is 30.4 Å². The Morgan fingerprint density at radius 2 is 1.97 bits per heavy atom. The molecule has 3 N–H and O–H groups in total. The largest absolute Gasteiger partial charge is 0.508 e. The van der Waals surface area contributed by atoms with Crippen LogP contribution in [0.3, 0.4) is 0 Å². The number of aryl methyl sites for hydroxylation is 2. The highest BCUT2D eigenvalue weighted by Gasteiger charge is 2.35. The van der Waals surface area contributed by atoms with E-state index in [0.717, 1.165) is 45.6 Å². The van der Waals surface area contributed by atoms with E-state index in [1.165, 1.54) is 0 Å². The Morgan fingerprint density at radius 3 is 2.66 bits per heavy atom. The third-order valence-corrected chi connectivity index (χ3v) is 6.61. The van der Waals surface area contributed by atoms with Crippen LogP contribution in [0.25, 0.3) is 11.1 Å². The fourth-order valence-corrected chi connectivity index (χ4v) is 4.76. The zero-order valence-electron chi connectivity index (χ0n) is 20.5. The lowest BCUT2D eigenvalue weighted by Crippen LogP contribution is -2.46. The molecule has 0 spiro atoms. The van der Waals surface area contributed by atoms with Gasteiger partial charge in [0.15, 0.2) is 0 Å². The van der Waals surface area contributed by atoms with E-state index >= 15 is 0 Å². The van der Waals surface area contributed by atoms with E-state index in [9.17, 15) is 9.90 Å². The molecule has 0 aliphatic carbocycles. The van der Waals surface area contributed by atoms with Crippen LogP contribution in [-0.4, -0.2) is 41.9 Å². The summed E-state index contributed by atoms with van der Waals surface area (Å²) in [5, 5.41) is 10.6. The van der Waals surface area contributed by atoms with Gasteiger partial charge in [-0.3, -0.25) is 4.79 Å². The van der Waals surface area contributed by atoms with Gasteiger partial charge in [-0.05, 0) is 85.0 Å². The Labute approximate surface area is 211 Å². The maximum absolute atomic E-state index is 13.9. The highest BCUT2D eigenvalue weighted by atomic mass is 35.5. The number of nitrogens with zero attached hydrogens (tertiary/aromatic N) is 3. The van der Waals surface area contributed by atoms with Gasteiger partial charge in [0.05, 0.1) is 12.0 Å². The number of rotatable bonds is 6. The summed E-state index contributed by atoms with van der Waals surface area (Å²) in [4.78, 5) is 22.2. The number of amides is 1. The summed E-state index contributed by atoms with van der Waals surface area (Å²) in [5.74, 6) is 0.110. The molecule has 0 saturated heterocycles. The smallest absolute Gasteiger partial charge is 0.250 e. The van der Waals surface area contributed by atoms with Crippen molar-refractivity contribution in [3.63, 3.8) is 0 Å². The number of phenolic OH excluding ortho intramolecular Hbond substituents is 1. The predicted molar refractivity (Wildman–Crippen MR) is 144 cm³/mol. The fraction of sp³-hybridized carbons (Fsp3) is 0.286. The van der Waals surface area contributed by atoms with Crippen LogP contribution in [0, 0.1) is 13.8 Å². The van der Waals surface area contributed by atoms with Gasteiger partial charge in [0.2, 0.25) is 5.91 Å². The van der Waals surface area contributed by atoms with Crippen molar-refractivity contribution in [1.29, 1.82) is 0 Å². The standard InChI is InChI=1S/C28H31ClN4O2/c1-5-21(30)15-32(4)28(35)27-25-14-24(19-7-6-8-23(34)12-19)18(3)11-26(25)31-16-33(27)22-10-17(2)9-20(29)13-22/h6-14,16,21,27,34H,5,15,30H2,1-4H3/t21-,27?/m0/s1. The van der Waals surface area contributed by atoms with Crippen molar-refractivity contribution in [3.05, 3.63) is 76.3 Å². The van der Waals surface area contributed by atoms with E-state index in [2.05, 4.69) is 0 Å². The number of carbonyl (C=O) groups is 1. The highest BCUT2D eigenvalue weighted by Crippen LogP contribution is 2.41. The van der Waals surface area contributed by atoms with Crippen LogP contribution in [0.4, 0.5) is 11.4 Å². The molecule has 182 valence electrons. The molecule has 0 aromatic heterocycles. The second kappa shape index (κ2) is 10.1. The number of likely N-dealkylation sites (N-methyl/N-ethyl adjacent to an activating group) is 1. The maximum Gasteiger partial charge on any atom is 0.250 e. The summed E-state index contributed by atoms with van der Waals surface area (Å²) in [5.41, 5.74) is 12.3. The van der Waals surface area contributed by atoms with Gasteiger partial charge in [-0.1, -0.05) is 30.7 Å². The van der Waals surface area contributed by atoms with Gasteiger partial charge in [-0.25, -0.2) is 4.99 Å². The normalized spacial score (nSPS) is 15.6. The van der Waals surface area contributed by atoms with E-state index < -0.39 is 6.04 Å². The minimum Gasteiger partial charge on any atom is -0.508 e. The van der Waals surface area contributed by atoms with Gasteiger partial charge in [0, 0.05) is 35.9 Å². The lowest BCUT2D eigenvalue weighted by molar-refractivity contribution is -0.131. The molecule has 7 heteroatoms. The van der Waals surface area contributed by atoms with Gasteiger partial charge >= 0.3 is 0 Å². The molecule has 3 aromatic carbocycles. The molecule has 35 heavy (non-hydrogen) atoms. The summed E-state index contributed by atoms with van der Waals surface area (Å²) in [7, 11) is 1.79. The lowest BCUT2D eigenvalue weighted by Gasteiger charge is -2.36. The van der Waals surface area contributed by atoms with Crippen LogP contribution in [0.15, 0.2) is 59.6 Å². The van der Waals surface area contributed by atoms with Crippen molar-refractivity contribution in [2.45, 2.75) is 39.3 Å². The van der Waals surface area contributed by atoms with E-state index in [4.69, 9.17) is 22.3 Å². The molecule has 0 saturated carbocycles. The number of halogens is 1. The molecule has 0 radical (unpaired) electrons. The van der Waals surface area contributed by atoms with Gasteiger partial charge < -0.3 is 20.6 Å². The molecular formula is C28H31ClN4O2. The van der Waals surface area contributed by atoms with Crippen molar-refractivity contribution in [2.75, 3.05) is 18.5 Å². The Kier molecular flexibility index (Phi) is 7.15. The number of benzene rings is 3. The van der Waals surface area contributed by atoms with Crippen molar-refractivity contribution in [1.82, 2.24) is 4.90 Å². The third kappa shape index (κ3) is 5.19. The second-order valence-electron chi connectivity index (χ2n) is 9.20. The molecule has 0 bridgehead atoms. The lowest BCUT2D eigenvalue weighted by atomic mass is 9.91. The quantitative estimate of drug-likeness (QED) is 0.461. The molecule has 0 fully saturated rings. The second-order valence-corrected chi connectivity index (χ2v) is 9.64. The molecule has 1 unspecified atom stereocenters. The SMILES string of the molecule is CC[C@H](N)CN(C)C(=O)C1c2cc(-c3cccc(O)c3)c(C)cc2N=CN1c1cc(C)cc(Cl)c1. The van der Waals surface area contributed by atoms with Crippen LogP contribution >= 0.6 is 11.6 Å². The monoisotopic (exact) mass is 490 g/mol. The number of aromatic hydroxyl groups is 1. The third-order valence-electron chi connectivity index (χ3n) is 6.39. The first kappa shape index (κ1) is 24.8. The minimum absolute atomic E-state index is 0.0790. The Morgan fingerprint density at radius 1 is 1.20 bits per heavy atom. The zero-order chi connectivity index (χ0) is 25.3. The molecular weight excluding hydrogens is 460 g/mol. The molecule has 6 nitrogen and oxygen atoms in total. The average Bonchev–Trinajstić information content (AvgIpc) is 2.81. The fourth-order valence-electron chi connectivity index (χ4n) is 4.48. The van der Waals surface area contributed by atoms with E-state index in [0.29, 0.717) is 11.6 Å². The van der Waals surface area contributed by atoms with Crippen molar-refractivity contribution >= 4 is 35.2 Å². The predicted octanol–water partition coefficient (Wildman–Crippen LogP) is 5.75. The number of fused-ring (bicyclic) bond motifs is 1. The highest BCUT2D eigenvalue weighted by molar-refractivity contribution is 6.31. The molecule has 1 amide bonds. The topological polar surface area (TPSA) is 82.2 Å². The summed E-state index contributed by atoms with van der Waals surface area (Å²) in [6, 6.07) is 16.1. The van der Waals surface area contributed by atoms with Crippen LogP contribution in [0.1, 0.15) is 36.1 Å². The number of anilines is 1. The first-order chi connectivity index (χ1) is 16.7. The summed E-state index contributed by atoms with van der Waals surface area (Å²) in [6.07, 6.45) is 2.48. The number of hydrogen-bond donors (Lipinski definition) is 2. The van der Waals surface area contributed by atoms with Crippen LogP contribution in [0.2, 0.25) is 5.02 Å². The number of carbonyl (C=O) groups excluding carboxylic acids is 1. The molecule has 1 aliphatic heterocycles. The van der Waals surface area contributed by atoms with Gasteiger partial charge in [-0.2, -0.15) is 0 Å². The first-order valence-electron chi connectivity index (χ1n) is 11.7. The number of aliphatic imine (C=N–C) groups is 1. The Balaban J connectivity index is 1.87. The van der Waals surface area contributed by atoms with Gasteiger partial charge in [-0.15, -0.1) is 0 Å². The molecule has 2 atom stereocenters. The number of nitrogens with two attached hydrogens (primary N) is 1. The average molecular weight is 491 g/mol. The molecule has 4 rings (SSSR count). The van der Waals surface area contributed by atoms with E-state index in [1.807, 2.05) is 68.1 Å². The minimum atomic E-state index is -0.647. The summed E-state index contributed by atoms with van der Waals surface area (Å²) in [6.45, 7) is 6.44. The van der Waals surface area contributed by atoms with Crippen LogP contribution < -0.4 is 10.6 Å². The van der Waals surface area contributed by atoms with Crippen molar-refractivity contribution in [3.8, 4) is 16.9 Å². The zero-order valence-corrected chi connectivity index (χ0v) is 21.3. The van der Waals surface area contributed by atoms with Crippen molar-refractivity contribution in [2.24, 2.45) is 10.7 Å². The molecule has 1 aliphatic rings.